The van der Waals surface area contributed by atoms with Gasteiger partial charge in [0, 0.05) is 56.8 Å². The highest BCUT2D eigenvalue weighted by atomic mass is 32.2. The normalized spacial score (nSPS) is 14.1. The Bertz CT molecular complexity index is 1370. The van der Waals surface area contributed by atoms with Gasteiger partial charge in [-0.1, -0.05) is 6.07 Å². The molecule has 0 spiro atoms. The van der Waals surface area contributed by atoms with E-state index in [9.17, 15) is 23.3 Å². The van der Waals surface area contributed by atoms with E-state index in [1.165, 1.54) is 21.1 Å². The van der Waals surface area contributed by atoms with Crippen LogP contribution in [0.2, 0.25) is 0 Å². The summed E-state index contributed by atoms with van der Waals surface area (Å²) in [6, 6.07) is 7.00. The molecule has 184 valence electrons. The number of aromatic nitrogens is 3. The predicted molar refractivity (Wildman–Crippen MR) is 125 cm³/mol. The van der Waals surface area contributed by atoms with Gasteiger partial charge < -0.3 is 10.1 Å². The fourth-order valence-electron chi connectivity index (χ4n) is 3.81. The molecule has 0 bridgehead atoms. The fourth-order valence-corrected chi connectivity index (χ4v) is 5.46. The Labute approximate surface area is 201 Å². The molecule has 1 aliphatic rings. The highest BCUT2D eigenvalue weighted by Crippen LogP contribution is 2.36. The number of nitrogens with zero attached hydrogens (tertiary/aromatic N) is 5. The van der Waals surface area contributed by atoms with Gasteiger partial charge >= 0.3 is 0 Å². The van der Waals surface area contributed by atoms with Gasteiger partial charge in [-0.05, 0) is 37.5 Å². The molecule has 0 radical (unpaired) electrons. The van der Waals surface area contributed by atoms with Crippen LogP contribution in [0.15, 0.2) is 47.6 Å². The first-order valence-corrected chi connectivity index (χ1v) is 12.3. The van der Waals surface area contributed by atoms with Crippen LogP contribution < -0.4 is 10.1 Å². The second-order valence-corrected chi connectivity index (χ2v) is 9.95. The first-order valence-electron chi connectivity index (χ1n) is 10.9. The molecule has 1 aromatic carbocycles. The number of aryl methyl sites for hydroxylation is 1. The van der Waals surface area contributed by atoms with Gasteiger partial charge in [-0.25, -0.2) is 13.1 Å². The quantitative estimate of drug-likeness (QED) is 0.366. The summed E-state index contributed by atoms with van der Waals surface area (Å²) in [6.45, 7) is 2.54. The lowest BCUT2D eigenvalue weighted by molar-refractivity contribution is -0.385. The first-order chi connectivity index (χ1) is 16.7. The zero-order valence-corrected chi connectivity index (χ0v) is 20.0. The number of non-ortho nitro benzene ring substituents is 1. The average Bonchev–Trinajstić information content (AvgIpc) is 3.48. The lowest BCUT2D eigenvalue weighted by Crippen LogP contribution is -2.28. The van der Waals surface area contributed by atoms with E-state index in [2.05, 4.69) is 15.4 Å². The van der Waals surface area contributed by atoms with Crippen LogP contribution in [0.3, 0.4) is 0 Å². The molecule has 1 fully saturated rings. The molecule has 13 heteroatoms. The molecule has 0 atom stereocenters. The number of nitro groups is 1. The average molecular weight is 501 g/mol. The maximum Gasteiger partial charge on any atom is 0.272 e. The highest BCUT2D eigenvalue weighted by Gasteiger charge is 2.32. The predicted octanol–water partition coefficient (Wildman–Crippen LogP) is 2.54. The second kappa shape index (κ2) is 9.80. The summed E-state index contributed by atoms with van der Waals surface area (Å²) in [4.78, 5) is 27.1. The van der Waals surface area contributed by atoms with Gasteiger partial charge in [0.1, 0.15) is 10.6 Å². The van der Waals surface area contributed by atoms with Crippen molar-refractivity contribution in [1.29, 1.82) is 0 Å². The number of benzene rings is 1. The van der Waals surface area contributed by atoms with E-state index >= 15 is 0 Å². The minimum absolute atomic E-state index is 0.0871. The van der Waals surface area contributed by atoms with Crippen LogP contribution in [-0.4, -0.2) is 51.4 Å². The van der Waals surface area contributed by atoms with Crippen molar-refractivity contribution in [2.24, 2.45) is 7.05 Å². The minimum Gasteiger partial charge on any atom is -0.438 e. The van der Waals surface area contributed by atoms with Crippen LogP contribution in [0, 0.1) is 17.0 Å². The monoisotopic (exact) mass is 500 g/mol. The Hall–Kier alpha value is -3.84. The molecule has 35 heavy (non-hydrogen) atoms. The Morgan fingerprint density at radius 1 is 1.26 bits per heavy atom. The number of pyridine rings is 1. The zero-order valence-electron chi connectivity index (χ0n) is 19.2. The van der Waals surface area contributed by atoms with Crippen LogP contribution in [-0.2, 0) is 23.6 Å². The molecule has 1 aliphatic heterocycles. The standard InChI is InChI=1S/C22H24N6O6S/c1-15-20(21(29)24-14-16-6-5-9-23-13-16)25-26(2)22(15)34-18-8-7-17(28(30)31)12-19(18)35(32,33)27-10-3-4-11-27/h5-9,12-13H,3-4,10-11,14H2,1-2H3,(H,24,29). The van der Waals surface area contributed by atoms with Crippen molar-refractivity contribution in [1.82, 2.24) is 24.4 Å². The zero-order chi connectivity index (χ0) is 25.2. The summed E-state index contributed by atoms with van der Waals surface area (Å²) < 4.78 is 35.0. The third-order valence-corrected chi connectivity index (χ3v) is 7.56. The maximum atomic E-state index is 13.3. The molecular formula is C22H24N6O6S. The molecule has 0 aliphatic carbocycles. The Kier molecular flexibility index (Phi) is 6.80. The van der Waals surface area contributed by atoms with Gasteiger partial charge in [-0.15, -0.1) is 0 Å². The molecule has 3 aromatic rings. The number of hydrogen-bond donors (Lipinski definition) is 1. The van der Waals surface area contributed by atoms with E-state index in [0.717, 1.165) is 11.6 Å². The summed E-state index contributed by atoms with van der Waals surface area (Å²) in [6.07, 6.45) is 4.69. The molecule has 12 nitrogen and oxygen atoms in total. The van der Waals surface area contributed by atoms with Crippen molar-refractivity contribution in [3.8, 4) is 11.6 Å². The van der Waals surface area contributed by atoms with Crippen molar-refractivity contribution < 1.29 is 22.9 Å². The number of carbonyl (C=O) groups is 1. The molecule has 3 heterocycles. The largest absolute Gasteiger partial charge is 0.438 e. The van der Waals surface area contributed by atoms with Crippen LogP contribution in [0.5, 0.6) is 11.6 Å². The van der Waals surface area contributed by atoms with Crippen molar-refractivity contribution >= 4 is 21.6 Å². The molecule has 1 N–H and O–H groups in total. The molecule has 0 unspecified atom stereocenters. The highest BCUT2D eigenvalue weighted by molar-refractivity contribution is 7.89. The van der Waals surface area contributed by atoms with Gasteiger partial charge in [0.15, 0.2) is 5.69 Å². The van der Waals surface area contributed by atoms with Gasteiger partial charge in [0.25, 0.3) is 11.6 Å². The number of hydrogen-bond acceptors (Lipinski definition) is 8. The number of carbonyl (C=O) groups excluding carboxylic acids is 1. The number of amides is 1. The van der Waals surface area contributed by atoms with Crippen LogP contribution in [0.4, 0.5) is 5.69 Å². The van der Waals surface area contributed by atoms with Gasteiger partial charge in [-0.3, -0.25) is 19.9 Å². The molecule has 2 aromatic heterocycles. The summed E-state index contributed by atoms with van der Waals surface area (Å²) in [5.41, 5.74) is 0.942. The van der Waals surface area contributed by atoms with Crippen LogP contribution >= 0.6 is 0 Å². The van der Waals surface area contributed by atoms with E-state index < -0.39 is 20.9 Å². The van der Waals surface area contributed by atoms with E-state index in [4.69, 9.17) is 4.74 Å². The lowest BCUT2D eigenvalue weighted by Gasteiger charge is -2.18. The summed E-state index contributed by atoms with van der Waals surface area (Å²) >= 11 is 0. The maximum absolute atomic E-state index is 13.3. The molecule has 0 saturated carbocycles. The molecule has 1 amide bonds. The van der Waals surface area contributed by atoms with Gasteiger partial charge in [0.05, 0.1) is 4.92 Å². The summed E-state index contributed by atoms with van der Waals surface area (Å²) in [7, 11) is -2.48. The number of nitro benzene ring substituents is 1. The van der Waals surface area contributed by atoms with Gasteiger partial charge in [-0.2, -0.15) is 9.40 Å². The Morgan fingerprint density at radius 2 is 2.00 bits per heavy atom. The van der Waals surface area contributed by atoms with Crippen molar-refractivity contribution in [3.63, 3.8) is 0 Å². The third-order valence-electron chi connectivity index (χ3n) is 5.64. The van der Waals surface area contributed by atoms with Crippen molar-refractivity contribution in [3.05, 3.63) is 69.7 Å². The Balaban J connectivity index is 1.64. The SMILES string of the molecule is Cc1c(C(=O)NCc2cccnc2)nn(C)c1Oc1ccc([N+](=O)[O-])cc1S(=O)(=O)N1CCCC1. The molecule has 1 saturated heterocycles. The topological polar surface area (TPSA) is 150 Å². The smallest absolute Gasteiger partial charge is 0.272 e. The minimum atomic E-state index is -4.03. The van der Waals surface area contributed by atoms with Crippen LogP contribution in [0.25, 0.3) is 0 Å². The second-order valence-electron chi connectivity index (χ2n) is 8.05. The third kappa shape index (κ3) is 5.00. The number of sulfonamides is 1. The van der Waals surface area contributed by atoms with Crippen molar-refractivity contribution in [2.75, 3.05) is 13.1 Å². The lowest BCUT2D eigenvalue weighted by atomic mass is 10.2. The van der Waals surface area contributed by atoms with E-state index in [1.807, 2.05) is 6.07 Å². The van der Waals surface area contributed by atoms with E-state index in [-0.39, 0.29) is 34.5 Å². The van der Waals surface area contributed by atoms with Gasteiger partial charge in [0.2, 0.25) is 15.9 Å². The van der Waals surface area contributed by atoms with E-state index in [1.54, 1.807) is 32.4 Å². The number of ether oxygens (including phenoxy) is 1. The fraction of sp³-hybridized carbons (Fsp3) is 0.318. The Morgan fingerprint density at radius 3 is 2.66 bits per heavy atom. The first kappa shape index (κ1) is 24.3. The van der Waals surface area contributed by atoms with E-state index in [0.29, 0.717) is 31.5 Å². The molecule has 4 rings (SSSR count). The number of nitrogens with one attached hydrogen (secondary N) is 1. The summed E-state index contributed by atoms with van der Waals surface area (Å²) in [5, 5.41) is 18.3. The summed E-state index contributed by atoms with van der Waals surface area (Å²) in [5.74, 6) is -0.385. The number of rotatable bonds is 8. The van der Waals surface area contributed by atoms with Crippen LogP contribution in [0.1, 0.15) is 34.5 Å². The van der Waals surface area contributed by atoms with Crippen molar-refractivity contribution in [2.45, 2.75) is 31.2 Å². The molecular weight excluding hydrogens is 476 g/mol.